The fourth-order valence-electron chi connectivity index (χ4n) is 2.36. The number of hydrogen-bond acceptors (Lipinski definition) is 4. The summed E-state index contributed by atoms with van der Waals surface area (Å²) in [5, 5.41) is 2.76. The second-order valence-corrected chi connectivity index (χ2v) is 4.88. The number of carbonyl (C=O) groups excluding carboxylic acids is 2. The maximum atomic E-state index is 12.3. The SMILES string of the molecule is COCCNC(=O)[C@@H]1OCC(=O)N(C)[C@@H]1c1ccccc1. The topological polar surface area (TPSA) is 67.9 Å². The maximum absolute atomic E-state index is 12.3. The molecule has 6 nitrogen and oxygen atoms in total. The third-order valence-electron chi connectivity index (χ3n) is 3.49. The van der Waals surface area contributed by atoms with E-state index in [9.17, 15) is 9.59 Å². The number of likely N-dealkylation sites (N-methyl/N-ethyl adjacent to an activating group) is 1. The van der Waals surface area contributed by atoms with E-state index in [0.717, 1.165) is 5.56 Å². The smallest absolute Gasteiger partial charge is 0.251 e. The summed E-state index contributed by atoms with van der Waals surface area (Å²) in [7, 11) is 3.26. The molecular weight excluding hydrogens is 272 g/mol. The zero-order valence-electron chi connectivity index (χ0n) is 12.2. The Morgan fingerprint density at radius 3 is 2.81 bits per heavy atom. The van der Waals surface area contributed by atoms with Gasteiger partial charge in [-0.05, 0) is 5.56 Å². The third kappa shape index (κ3) is 3.59. The predicted octanol–water partition coefficient (Wildman–Crippen LogP) is 0.348. The van der Waals surface area contributed by atoms with E-state index >= 15 is 0 Å². The van der Waals surface area contributed by atoms with Gasteiger partial charge in [0.1, 0.15) is 6.61 Å². The lowest BCUT2D eigenvalue weighted by Crippen LogP contribution is -2.53. The van der Waals surface area contributed by atoms with Gasteiger partial charge in [-0.15, -0.1) is 0 Å². The van der Waals surface area contributed by atoms with Gasteiger partial charge >= 0.3 is 0 Å². The van der Waals surface area contributed by atoms with Crippen LogP contribution in [0.4, 0.5) is 0 Å². The van der Waals surface area contributed by atoms with E-state index < -0.39 is 12.1 Å². The Morgan fingerprint density at radius 1 is 1.43 bits per heavy atom. The van der Waals surface area contributed by atoms with Crippen molar-refractivity contribution in [2.45, 2.75) is 12.1 Å². The zero-order valence-corrected chi connectivity index (χ0v) is 12.2. The Kier molecular flexibility index (Phi) is 5.30. The lowest BCUT2D eigenvalue weighted by molar-refractivity contribution is -0.162. The predicted molar refractivity (Wildman–Crippen MR) is 76.6 cm³/mol. The minimum atomic E-state index is -0.716. The highest BCUT2D eigenvalue weighted by Gasteiger charge is 2.39. The molecule has 0 spiro atoms. The summed E-state index contributed by atoms with van der Waals surface area (Å²) in [4.78, 5) is 25.7. The van der Waals surface area contributed by atoms with Crippen molar-refractivity contribution in [3.63, 3.8) is 0 Å². The fourth-order valence-corrected chi connectivity index (χ4v) is 2.36. The highest BCUT2D eigenvalue weighted by Crippen LogP contribution is 2.28. The number of rotatable bonds is 5. The molecule has 114 valence electrons. The van der Waals surface area contributed by atoms with E-state index in [0.29, 0.717) is 13.2 Å². The second kappa shape index (κ2) is 7.19. The van der Waals surface area contributed by atoms with Gasteiger partial charge in [-0.1, -0.05) is 30.3 Å². The average molecular weight is 292 g/mol. The quantitative estimate of drug-likeness (QED) is 0.795. The summed E-state index contributed by atoms with van der Waals surface area (Å²) in [5.74, 6) is -0.370. The molecule has 1 aliphatic rings. The lowest BCUT2D eigenvalue weighted by Gasteiger charge is -2.38. The highest BCUT2D eigenvalue weighted by molar-refractivity contribution is 5.86. The number of nitrogens with zero attached hydrogens (tertiary/aromatic N) is 1. The Bertz CT molecular complexity index is 492. The van der Waals surface area contributed by atoms with Crippen LogP contribution in [0.1, 0.15) is 11.6 Å². The van der Waals surface area contributed by atoms with Crippen LogP contribution >= 0.6 is 0 Å². The molecule has 0 unspecified atom stereocenters. The maximum Gasteiger partial charge on any atom is 0.251 e. The molecule has 1 heterocycles. The number of methoxy groups -OCH3 is 1. The number of ether oxygens (including phenoxy) is 2. The van der Waals surface area contributed by atoms with Crippen LogP contribution in [-0.2, 0) is 19.1 Å². The molecular formula is C15H20N2O4. The van der Waals surface area contributed by atoms with Crippen LogP contribution < -0.4 is 5.32 Å². The molecule has 1 fully saturated rings. The summed E-state index contributed by atoms with van der Waals surface area (Å²) in [6.45, 7) is 0.764. The standard InChI is InChI=1S/C15H20N2O4/c1-17-12(18)10-21-14(15(19)16-8-9-20-2)13(17)11-6-4-3-5-7-11/h3-7,13-14H,8-10H2,1-2H3,(H,16,19)/t13-,14-/m1/s1. The summed E-state index contributed by atoms with van der Waals surface area (Å²) in [5.41, 5.74) is 0.875. The molecule has 0 aliphatic carbocycles. The Balaban J connectivity index is 2.17. The van der Waals surface area contributed by atoms with Crippen molar-refractivity contribution < 1.29 is 19.1 Å². The minimum absolute atomic E-state index is 0.0812. The first-order valence-electron chi connectivity index (χ1n) is 6.84. The molecule has 2 atom stereocenters. The van der Waals surface area contributed by atoms with Crippen LogP contribution in [0.2, 0.25) is 0 Å². The van der Waals surface area contributed by atoms with E-state index in [1.165, 1.54) is 0 Å². The molecule has 1 N–H and O–H groups in total. The molecule has 6 heteroatoms. The normalized spacial score (nSPS) is 22.2. The van der Waals surface area contributed by atoms with Gasteiger partial charge in [-0.2, -0.15) is 0 Å². The first-order chi connectivity index (χ1) is 10.1. The molecule has 2 rings (SSSR count). The van der Waals surface area contributed by atoms with Crippen molar-refractivity contribution in [1.29, 1.82) is 0 Å². The zero-order chi connectivity index (χ0) is 15.2. The molecule has 0 aromatic heterocycles. The van der Waals surface area contributed by atoms with Gasteiger partial charge < -0.3 is 19.7 Å². The number of benzene rings is 1. The Morgan fingerprint density at radius 2 is 2.14 bits per heavy atom. The molecule has 21 heavy (non-hydrogen) atoms. The highest BCUT2D eigenvalue weighted by atomic mass is 16.5. The molecule has 0 radical (unpaired) electrons. The van der Waals surface area contributed by atoms with Crippen molar-refractivity contribution in [2.24, 2.45) is 0 Å². The summed E-state index contributed by atoms with van der Waals surface area (Å²) in [6.07, 6.45) is -0.716. The number of hydrogen-bond donors (Lipinski definition) is 1. The van der Waals surface area contributed by atoms with E-state index in [1.807, 2.05) is 30.3 Å². The molecule has 1 saturated heterocycles. The molecule has 2 amide bonds. The van der Waals surface area contributed by atoms with E-state index in [4.69, 9.17) is 9.47 Å². The molecule has 1 aromatic carbocycles. The first kappa shape index (κ1) is 15.5. The number of carbonyl (C=O) groups is 2. The monoisotopic (exact) mass is 292 g/mol. The average Bonchev–Trinajstić information content (AvgIpc) is 2.50. The van der Waals surface area contributed by atoms with Crippen LogP contribution in [0.3, 0.4) is 0 Å². The van der Waals surface area contributed by atoms with Crippen LogP contribution in [0.25, 0.3) is 0 Å². The summed E-state index contributed by atoms with van der Waals surface area (Å²) >= 11 is 0. The van der Waals surface area contributed by atoms with Gasteiger partial charge in [0, 0.05) is 20.7 Å². The summed E-state index contributed by atoms with van der Waals surface area (Å²) < 4.78 is 10.4. The lowest BCUT2D eigenvalue weighted by atomic mass is 9.97. The van der Waals surface area contributed by atoms with Gasteiger partial charge in [0.25, 0.3) is 5.91 Å². The largest absolute Gasteiger partial charge is 0.383 e. The van der Waals surface area contributed by atoms with Crippen LogP contribution in [0, 0.1) is 0 Å². The second-order valence-electron chi connectivity index (χ2n) is 4.88. The van der Waals surface area contributed by atoms with Crippen LogP contribution in [-0.4, -0.2) is 56.7 Å². The summed E-state index contributed by atoms with van der Waals surface area (Å²) in [6, 6.07) is 9.00. The van der Waals surface area contributed by atoms with Crippen molar-refractivity contribution in [3.05, 3.63) is 35.9 Å². The minimum Gasteiger partial charge on any atom is -0.383 e. The van der Waals surface area contributed by atoms with Crippen molar-refractivity contribution in [3.8, 4) is 0 Å². The van der Waals surface area contributed by atoms with Gasteiger partial charge in [0.2, 0.25) is 5.91 Å². The van der Waals surface area contributed by atoms with Crippen molar-refractivity contribution in [2.75, 3.05) is 33.9 Å². The molecule has 0 bridgehead atoms. The number of morpholine rings is 1. The van der Waals surface area contributed by atoms with Gasteiger partial charge in [-0.3, -0.25) is 9.59 Å². The number of amides is 2. The van der Waals surface area contributed by atoms with E-state index in [1.54, 1.807) is 19.1 Å². The van der Waals surface area contributed by atoms with Crippen LogP contribution in [0.15, 0.2) is 30.3 Å². The van der Waals surface area contributed by atoms with E-state index in [-0.39, 0.29) is 18.4 Å². The van der Waals surface area contributed by atoms with E-state index in [2.05, 4.69) is 5.32 Å². The van der Waals surface area contributed by atoms with Crippen molar-refractivity contribution >= 4 is 11.8 Å². The van der Waals surface area contributed by atoms with Gasteiger partial charge in [0.15, 0.2) is 6.10 Å². The van der Waals surface area contributed by atoms with Gasteiger partial charge in [-0.25, -0.2) is 0 Å². The Labute approximate surface area is 124 Å². The van der Waals surface area contributed by atoms with Crippen molar-refractivity contribution in [1.82, 2.24) is 10.2 Å². The number of nitrogens with one attached hydrogen (secondary N) is 1. The first-order valence-corrected chi connectivity index (χ1v) is 6.84. The molecule has 1 aromatic rings. The molecule has 1 aliphatic heterocycles. The molecule has 0 saturated carbocycles. The third-order valence-corrected chi connectivity index (χ3v) is 3.49. The van der Waals surface area contributed by atoms with Gasteiger partial charge in [0.05, 0.1) is 12.6 Å². The Hall–Kier alpha value is -1.92. The fraction of sp³-hybridized carbons (Fsp3) is 0.467. The van der Waals surface area contributed by atoms with Crippen LogP contribution in [0.5, 0.6) is 0 Å².